The molecule has 0 spiro atoms. The molecule has 2 heterocycles. The second kappa shape index (κ2) is 4.23. The third kappa shape index (κ3) is 2.55. The van der Waals surface area contributed by atoms with Crippen LogP contribution in [0.5, 0.6) is 0 Å². The zero-order valence-electron chi connectivity index (χ0n) is 8.11. The van der Waals surface area contributed by atoms with Gasteiger partial charge >= 0.3 is 6.18 Å². The van der Waals surface area contributed by atoms with Crippen LogP contribution in [0.15, 0.2) is 29.6 Å². The van der Waals surface area contributed by atoms with E-state index in [4.69, 9.17) is 11.6 Å². The van der Waals surface area contributed by atoms with E-state index in [0.29, 0.717) is 11.1 Å². The van der Waals surface area contributed by atoms with E-state index < -0.39 is 11.7 Å². The summed E-state index contributed by atoms with van der Waals surface area (Å²) in [5.41, 5.74) is -0.899. The highest BCUT2D eigenvalue weighted by molar-refractivity contribution is 7.80. The number of aromatic nitrogens is 3. The summed E-state index contributed by atoms with van der Waals surface area (Å²) in [5.74, 6) is 0.125. The van der Waals surface area contributed by atoms with Crippen LogP contribution in [0.25, 0.3) is 5.82 Å². The first-order valence-corrected chi connectivity index (χ1v) is 5.17. The molecule has 0 bridgehead atoms. The molecule has 0 unspecified atom stereocenters. The summed E-state index contributed by atoms with van der Waals surface area (Å²) < 4.78 is 38.4. The Morgan fingerprint density at radius 2 is 2.00 bits per heavy atom. The Labute approximate surface area is 105 Å². The minimum Gasteiger partial charge on any atom is -0.235 e. The van der Waals surface area contributed by atoms with Gasteiger partial charge in [-0.05, 0) is 6.07 Å². The fraction of sp³-hybridized carbons (Fsp3) is 0.111. The topological polar surface area (TPSA) is 30.7 Å². The van der Waals surface area contributed by atoms with Crippen LogP contribution in [0.3, 0.4) is 0 Å². The Hall–Kier alpha value is -1.21. The number of thiol groups is 1. The Bertz CT molecular complexity index is 553. The first-order chi connectivity index (χ1) is 7.88. The number of rotatable bonds is 1. The van der Waals surface area contributed by atoms with E-state index in [1.54, 1.807) is 0 Å². The highest BCUT2D eigenvalue weighted by atomic mass is 35.5. The van der Waals surface area contributed by atoms with Crippen molar-refractivity contribution in [3.05, 3.63) is 35.2 Å². The predicted molar refractivity (Wildman–Crippen MR) is 58.6 cm³/mol. The molecule has 0 aromatic carbocycles. The zero-order chi connectivity index (χ0) is 12.6. The second-order valence-electron chi connectivity index (χ2n) is 3.17. The molecule has 2 aromatic rings. The summed E-state index contributed by atoms with van der Waals surface area (Å²) in [4.78, 5) is 4.20. The molecule has 2 aromatic heterocycles. The van der Waals surface area contributed by atoms with E-state index in [1.165, 1.54) is 17.1 Å². The van der Waals surface area contributed by atoms with Crippen LogP contribution in [0.4, 0.5) is 13.2 Å². The van der Waals surface area contributed by atoms with Crippen LogP contribution < -0.4 is 0 Å². The molecule has 90 valence electrons. The maximum atomic E-state index is 12.4. The van der Waals surface area contributed by atoms with E-state index in [0.717, 1.165) is 6.07 Å². The second-order valence-corrected chi connectivity index (χ2v) is 4.09. The van der Waals surface area contributed by atoms with Gasteiger partial charge in [-0.3, -0.25) is 0 Å². The largest absolute Gasteiger partial charge is 0.417 e. The van der Waals surface area contributed by atoms with Crippen LogP contribution in [-0.4, -0.2) is 14.8 Å². The van der Waals surface area contributed by atoms with Gasteiger partial charge in [0.2, 0.25) is 0 Å². The average molecular weight is 280 g/mol. The molecule has 0 fully saturated rings. The molecule has 0 aliphatic heterocycles. The molecule has 0 aliphatic carbocycles. The van der Waals surface area contributed by atoms with Crippen molar-refractivity contribution in [3.63, 3.8) is 0 Å². The van der Waals surface area contributed by atoms with Gasteiger partial charge in [-0.15, -0.1) is 12.6 Å². The first kappa shape index (κ1) is 12.3. The van der Waals surface area contributed by atoms with Crippen molar-refractivity contribution in [2.24, 2.45) is 0 Å². The van der Waals surface area contributed by atoms with Gasteiger partial charge in [0.25, 0.3) is 0 Å². The molecule has 17 heavy (non-hydrogen) atoms. The molecule has 0 radical (unpaired) electrons. The van der Waals surface area contributed by atoms with Crippen molar-refractivity contribution in [2.45, 2.75) is 11.1 Å². The van der Waals surface area contributed by atoms with Gasteiger partial charge in [0.15, 0.2) is 5.82 Å². The minimum absolute atomic E-state index is 0.125. The molecule has 0 amide bonds. The van der Waals surface area contributed by atoms with Crippen LogP contribution >= 0.6 is 24.2 Å². The lowest BCUT2D eigenvalue weighted by molar-refractivity contribution is -0.137. The molecular formula is C9H5ClF3N3S. The fourth-order valence-corrected chi connectivity index (χ4v) is 1.60. The summed E-state index contributed by atoms with van der Waals surface area (Å²) in [5, 5.41) is 3.72. The number of pyridine rings is 1. The maximum absolute atomic E-state index is 12.4. The van der Waals surface area contributed by atoms with E-state index >= 15 is 0 Å². The number of alkyl halides is 3. The van der Waals surface area contributed by atoms with Gasteiger partial charge in [0.05, 0.1) is 16.8 Å². The first-order valence-electron chi connectivity index (χ1n) is 4.34. The lowest BCUT2D eigenvalue weighted by Crippen LogP contribution is -2.07. The maximum Gasteiger partial charge on any atom is 0.417 e. The summed E-state index contributed by atoms with van der Waals surface area (Å²) in [6.07, 6.45) is -0.835. The van der Waals surface area contributed by atoms with Crippen LogP contribution in [0, 0.1) is 0 Å². The molecule has 3 nitrogen and oxygen atoms in total. The molecular weight excluding hydrogens is 275 g/mol. The average Bonchev–Trinajstić information content (AvgIpc) is 2.63. The Kier molecular flexibility index (Phi) is 3.05. The predicted octanol–water partition coefficient (Wildman–Crippen LogP) is 3.23. The highest BCUT2D eigenvalue weighted by Gasteiger charge is 2.31. The van der Waals surface area contributed by atoms with Crippen LogP contribution in [-0.2, 0) is 6.18 Å². The van der Waals surface area contributed by atoms with Gasteiger partial charge in [-0.2, -0.15) is 18.3 Å². The van der Waals surface area contributed by atoms with Gasteiger partial charge in [-0.25, -0.2) is 9.67 Å². The standard InChI is InChI=1S/C9H5ClF3N3S/c10-7-1-5(9(11,12)13)2-14-8(7)16-4-6(17)3-15-16/h1-4,17H. The van der Waals surface area contributed by atoms with Gasteiger partial charge in [0, 0.05) is 17.3 Å². The molecule has 0 aliphatic rings. The number of hydrogen-bond acceptors (Lipinski definition) is 3. The summed E-state index contributed by atoms with van der Waals surface area (Å²) >= 11 is 9.75. The van der Waals surface area contributed by atoms with Crippen molar-refractivity contribution in [2.75, 3.05) is 0 Å². The molecule has 8 heteroatoms. The van der Waals surface area contributed by atoms with E-state index in [9.17, 15) is 13.2 Å². The smallest absolute Gasteiger partial charge is 0.235 e. The molecule has 0 N–H and O–H groups in total. The number of halogens is 4. The molecule has 0 saturated heterocycles. The van der Waals surface area contributed by atoms with Crippen molar-refractivity contribution >= 4 is 24.2 Å². The minimum atomic E-state index is -4.46. The zero-order valence-corrected chi connectivity index (χ0v) is 9.76. The van der Waals surface area contributed by atoms with Crippen molar-refractivity contribution in [1.29, 1.82) is 0 Å². The summed E-state index contributed by atoms with van der Waals surface area (Å²) in [7, 11) is 0. The Balaban J connectivity index is 2.45. The molecule has 0 saturated carbocycles. The van der Waals surface area contributed by atoms with Crippen molar-refractivity contribution in [3.8, 4) is 5.82 Å². The third-order valence-electron chi connectivity index (χ3n) is 1.94. The van der Waals surface area contributed by atoms with E-state index in [1.807, 2.05) is 0 Å². The highest BCUT2D eigenvalue weighted by Crippen LogP contribution is 2.31. The van der Waals surface area contributed by atoms with Crippen molar-refractivity contribution in [1.82, 2.24) is 14.8 Å². The molecule has 0 atom stereocenters. The summed E-state index contributed by atoms with van der Waals surface area (Å²) in [6.45, 7) is 0. The normalized spacial score (nSPS) is 11.8. The third-order valence-corrected chi connectivity index (χ3v) is 2.44. The molecule has 2 rings (SSSR count). The van der Waals surface area contributed by atoms with Crippen molar-refractivity contribution < 1.29 is 13.2 Å². The quantitative estimate of drug-likeness (QED) is 0.813. The number of hydrogen-bond donors (Lipinski definition) is 1. The SMILES string of the molecule is FC(F)(F)c1cnc(-n2cc(S)cn2)c(Cl)c1. The Morgan fingerprint density at radius 3 is 2.47 bits per heavy atom. The lowest BCUT2D eigenvalue weighted by atomic mass is 10.3. The van der Waals surface area contributed by atoms with E-state index in [2.05, 4.69) is 22.7 Å². The van der Waals surface area contributed by atoms with E-state index in [-0.39, 0.29) is 10.8 Å². The van der Waals surface area contributed by atoms with Crippen LogP contribution in [0.1, 0.15) is 5.56 Å². The lowest BCUT2D eigenvalue weighted by Gasteiger charge is -2.08. The summed E-state index contributed by atoms with van der Waals surface area (Å²) in [6, 6.07) is 0.809. The fourth-order valence-electron chi connectivity index (χ4n) is 1.18. The van der Waals surface area contributed by atoms with Gasteiger partial charge < -0.3 is 0 Å². The number of nitrogens with zero attached hydrogens (tertiary/aromatic N) is 3. The monoisotopic (exact) mass is 279 g/mol. The van der Waals surface area contributed by atoms with Gasteiger partial charge in [-0.1, -0.05) is 11.6 Å². The van der Waals surface area contributed by atoms with Gasteiger partial charge in [0.1, 0.15) is 0 Å². The van der Waals surface area contributed by atoms with Crippen LogP contribution in [0.2, 0.25) is 5.02 Å². The Morgan fingerprint density at radius 1 is 1.29 bits per heavy atom.